The fourth-order valence-electron chi connectivity index (χ4n) is 1.47. The van der Waals surface area contributed by atoms with Crippen molar-refractivity contribution in [3.8, 4) is 5.75 Å². The van der Waals surface area contributed by atoms with E-state index in [1.165, 1.54) is 17.7 Å². The van der Waals surface area contributed by atoms with Crippen molar-refractivity contribution in [2.45, 2.75) is 11.9 Å². The van der Waals surface area contributed by atoms with Crippen LogP contribution in [0.15, 0.2) is 48.5 Å². The summed E-state index contributed by atoms with van der Waals surface area (Å²) in [4.78, 5) is 0. The Morgan fingerprint density at radius 1 is 1.00 bits per heavy atom. The van der Waals surface area contributed by atoms with Crippen molar-refractivity contribution in [3.05, 3.63) is 65.5 Å². The average Bonchev–Trinajstić information content (AvgIpc) is 2.37. The standard InChI is InChI=1S/C14H12BrFO/c15-9-11-4-6-14(7-5-11)17-10-12-2-1-3-13(16)8-12/h1-8H,9-10H2. The SMILES string of the molecule is Fc1cccc(COc2ccc(CBr)cc2)c1. The van der Waals surface area contributed by atoms with Gasteiger partial charge < -0.3 is 4.74 Å². The van der Waals surface area contributed by atoms with E-state index in [9.17, 15) is 4.39 Å². The average molecular weight is 295 g/mol. The van der Waals surface area contributed by atoms with Gasteiger partial charge in [0.25, 0.3) is 0 Å². The van der Waals surface area contributed by atoms with E-state index in [2.05, 4.69) is 15.9 Å². The number of ether oxygens (including phenoxy) is 1. The lowest BCUT2D eigenvalue weighted by atomic mass is 10.2. The van der Waals surface area contributed by atoms with Crippen LogP contribution in [0.3, 0.4) is 0 Å². The number of benzene rings is 2. The first-order valence-corrected chi connectivity index (χ1v) is 6.42. The van der Waals surface area contributed by atoms with E-state index in [-0.39, 0.29) is 5.82 Å². The molecule has 0 N–H and O–H groups in total. The molecule has 2 aromatic carbocycles. The van der Waals surface area contributed by atoms with Crippen LogP contribution in [0, 0.1) is 5.82 Å². The van der Waals surface area contributed by atoms with Crippen molar-refractivity contribution in [2.24, 2.45) is 0 Å². The topological polar surface area (TPSA) is 9.23 Å². The highest BCUT2D eigenvalue weighted by atomic mass is 79.9. The van der Waals surface area contributed by atoms with Crippen LogP contribution in [-0.4, -0.2) is 0 Å². The molecular weight excluding hydrogens is 283 g/mol. The first-order chi connectivity index (χ1) is 8.28. The van der Waals surface area contributed by atoms with E-state index in [0.717, 1.165) is 16.6 Å². The molecule has 0 atom stereocenters. The fraction of sp³-hybridized carbons (Fsp3) is 0.143. The van der Waals surface area contributed by atoms with Crippen LogP contribution in [0.5, 0.6) is 5.75 Å². The highest BCUT2D eigenvalue weighted by molar-refractivity contribution is 9.08. The number of hydrogen-bond donors (Lipinski definition) is 0. The fourth-order valence-corrected chi connectivity index (χ4v) is 1.84. The number of alkyl halides is 1. The molecule has 0 heterocycles. The van der Waals surface area contributed by atoms with Crippen LogP contribution < -0.4 is 4.74 Å². The third-order valence-electron chi connectivity index (χ3n) is 2.37. The monoisotopic (exact) mass is 294 g/mol. The lowest BCUT2D eigenvalue weighted by Crippen LogP contribution is -1.95. The van der Waals surface area contributed by atoms with Gasteiger partial charge in [-0.05, 0) is 35.4 Å². The minimum atomic E-state index is -0.235. The van der Waals surface area contributed by atoms with Crippen LogP contribution >= 0.6 is 15.9 Å². The van der Waals surface area contributed by atoms with Crippen molar-refractivity contribution in [1.82, 2.24) is 0 Å². The summed E-state index contributed by atoms with van der Waals surface area (Å²) in [6.07, 6.45) is 0. The summed E-state index contributed by atoms with van der Waals surface area (Å²) in [6, 6.07) is 14.2. The van der Waals surface area contributed by atoms with Crippen LogP contribution in [0.1, 0.15) is 11.1 Å². The second-order valence-corrected chi connectivity index (χ2v) is 4.26. The van der Waals surface area contributed by atoms with E-state index >= 15 is 0 Å². The van der Waals surface area contributed by atoms with Gasteiger partial charge in [0.05, 0.1) is 0 Å². The molecular formula is C14H12BrFO. The van der Waals surface area contributed by atoms with Crippen molar-refractivity contribution in [2.75, 3.05) is 0 Å². The molecule has 0 spiro atoms. The molecule has 0 aliphatic rings. The quantitative estimate of drug-likeness (QED) is 0.764. The Labute approximate surface area is 108 Å². The first kappa shape index (κ1) is 12.1. The molecule has 0 unspecified atom stereocenters. The molecule has 0 bridgehead atoms. The Hall–Kier alpha value is -1.35. The van der Waals surface area contributed by atoms with Crippen LogP contribution in [0.2, 0.25) is 0 Å². The number of rotatable bonds is 4. The van der Waals surface area contributed by atoms with Gasteiger partial charge in [0.2, 0.25) is 0 Å². The third kappa shape index (κ3) is 3.56. The van der Waals surface area contributed by atoms with Crippen molar-refractivity contribution < 1.29 is 9.13 Å². The van der Waals surface area contributed by atoms with Gasteiger partial charge in [-0.25, -0.2) is 4.39 Å². The summed E-state index contributed by atoms with van der Waals surface area (Å²) in [6.45, 7) is 0.380. The number of halogens is 2. The Kier molecular flexibility index (Phi) is 4.15. The second kappa shape index (κ2) is 5.82. The van der Waals surface area contributed by atoms with Crippen LogP contribution in [0.25, 0.3) is 0 Å². The molecule has 2 rings (SSSR count). The maximum absolute atomic E-state index is 12.9. The van der Waals surface area contributed by atoms with Gasteiger partial charge in [-0.2, -0.15) is 0 Å². The zero-order chi connectivity index (χ0) is 12.1. The van der Waals surface area contributed by atoms with Crippen molar-refractivity contribution in [1.29, 1.82) is 0 Å². The Bertz CT molecular complexity index is 482. The highest BCUT2D eigenvalue weighted by Crippen LogP contribution is 2.15. The zero-order valence-corrected chi connectivity index (χ0v) is 10.8. The summed E-state index contributed by atoms with van der Waals surface area (Å²) in [5.41, 5.74) is 2.03. The van der Waals surface area contributed by atoms with Crippen molar-refractivity contribution >= 4 is 15.9 Å². The van der Waals surface area contributed by atoms with E-state index < -0.39 is 0 Å². The lowest BCUT2D eigenvalue weighted by Gasteiger charge is -2.06. The highest BCUT2D eigenvalue weighted by Gasteiger charge is 1.98. The van der Waals surface area contributed by atoms with Gasteiger partial charge in [0, 0.05) is 5.33 Å². The van der Waals surface area contributed by atoms with Gasteiger partial charge in [-0.1, -0.05) is 40.2 Å². The molecule has 0 amide bonds. The Balaban J connectivity index is 1.97. The van der Waals surface area contributed by atoms with Gasteiger partial charge in [-0.3, -0.25) is 0 Å². The van der Waals surface area contributed by atoms with Gasteiger partial charge >= 0.3 is 0 Å². The maximum atomic E-state index is 12.9. The predicted molar refractivity (Wildman–Crippen MR) is 69.8 cm³/mol. The third-order valence-corrected chi connectivity index (χ3v) is 3.02. The second-order valence-electron chi connectivity index (χ2n) is 3.70. The summed E-state index contributed by atoms with van der Waals surface area (Å²) in [5.74, 6) is 0.555. The zero-order valence-electron chi connectivity index (χ0n) is 9.20. The molecule has 0 aromatic heterocycles. The lowest BCUT2D eigenvalue weighted by molar-refractivity contribution is 0.305. The molecule has 88 valence electrons. The van der Waals surface area contributed by atoms with Gasteiger partial charge in [0.15, 0.2) is 0 Å². The molecule has 2 aromatic rings. The van der Waals surface area contributed by atoms with Crippen molar-refractivity contribution in [3.63, 3.8) is 0 Å². The molecule has 3 heteroatoms. The summed E-state index contributed by atoms with van der Waals surface area (Å²) in [5, 5.41) is 0.831. The summed E-state index contributed by atoms with van der Waals surface area (Å²) in [7, 11) is 0. The molecule has 0 radical (unpaired) electrons. The number of hydrogen-bond acceptors (Lipinski definition) is 1. The minimum Gasteiger partial charge on any atom is -0.489 e. The molecule has 0 aliphatic heterocycles. The smallest absolute Gasteiger partial charge is 0.123 e. The summed E-state index contributed by atoms with van der Waals surface area (Å²) >= 11 is 3.38. The van der Waals surface area contributed by atoms with Crippen LogP contribution in [-0.2, 0) is 11.9 Å². The van der Waals surface area contributed by atoms with Crippen LogP contribution in [0.4, 0.5) is 4.39 Å². The molecule has 0 fully saturated rings. The largest absolute Gasteiger partial charge is 0.489 e. The predicted octanol–water partition coefficient (Wildman–Crippen LogP) is 4.30. The van der Waals surface area contributed by atoms with E-state index in [4.69, 9.17) is 4.74 Å². The minimum absolute atomic E-state index is 0.235. The molecule has 0 aliphatic carbocycles. The van der Waals surface area contributed by atoms with E-state index in [1.54, 1.807) is 6.07 Å². The maximum Gasteiger partial charge on any atom is 0.123 e. The first-order valence-electron chi connectivity index (χ1n) is 5.30. The Morgan fingerprint density at radius 2 is 1.76 bits per heavy atom. The van der Waals surface area contributed by atoms with E-state index in [1.807, 2.05) is 30.3 Å². The molecule has 1 nitrogen and oxygen atoms in total. The van der Waals surface area contributed by atoms with Gasteiger partial charge in [-0.15, -0.1) is 0 Å². The summed E-state index contributed by atoms with van der Waals surface area (Å²) < 4.78 is 18.5. The normalized spacial score (nSPS) is 10.2. The van der Waals surface area contributed by atoms with E-state index in [0.29, 0.717) is 6.61 Å². The van der Waals surface area contributed by atoms with Gasteiger partial charge in [0.1, 0.15) is 18.2 Å². The molecule has 0 saturated carbocycles. The molecule has 17 heavy (non-hydrogen) atoms. The Morgan fingerprint density at radius 3 is 2.41 bits per heavy atom. The molecule has 0 saturated heterocycles.